The van der Waals surface area contributed by atoms with Gasteiger partial charge in [-0.25, -0.2) is 4.79 Å². The van der Waals surface area contributed by atoms with E-state index in [0.717, 1.165) is 36.8 Å². The highest BCUT2D eigenvalue weighted by Gasteiger charge is 2.35. The topological polar surface area (TPSA) is 66.3 Å². The lowest BCUT2D eigenvalue weighted by atomic mass is 9.85. The zero-order chi connectivity index (χ0) is 19.6. The van der Waals surface area contributed by atoms with E-state index in [1.165, 1.54) is 25.7 Å². The lowest BCUT2D eigenvalue weighted by Crippen LogP contribution is -2.48. The number of aromatic nitrogens is 3. The van der Waals surface area contributed by atoms with Crippen LogP contribution in [-0.4, -0.2) is 64.3 Å². The first-order valence-corrected chi connectivity index (χ1v) is 10.2. The molecule has 1 aromatic carbocycles. The molecule has 0 saturated heterocycles. The molecule has 2 amide bonds. The van der Waals surface area contributed by atoms with Crippen LogP contribution in [0, 0.1) is 5.41 Å². The van der Waals surface area contributed by atoms with Gasteiger partial charge in [-0.1, -0.05) is 43.2 Å². The molecule has 150 valence electrons. The van der Waals surface area contributed by atoms with Gasteiger partial charge in [-0.05, 0) is 26.9 Å². The smallest absolute Gasteiger partial charge is 0.317 e. The molecule has 1 saturated carbocycles. The average molecular weight is 383 g/mol. The highest BCUT2D eigenvalue weighted by molar-refractivity contribution is 5.74. The number of nitrogens with one attached hydrogen (secondary N) is 1. The highest BCUT2D eigenvalue weighted by atomic mass is 16.2. The lowest BCUT2D eigenvalue weighted by Gasteiger charge is -2.34. The van der Waals surface area contributed by atoms with E-state index in [2.05, 4.69) is 39.1 Å². The van der Waals surface area contributed by atoms with Gasteiger partial charge in [-0.15, -0.1) is 10.2 Å². The Balaban J connectivity index is 1.39. The van der Waals surface area contributed by atoms with E-state index in [1.807, 2.05) is 35.2 Å². The number of hydrogen-bond acceptors (Lipinski definition) is 4. The molecule has 0 unspecified atom stereocenters. The first-order chi connectivity index (χ1) is 13.6. The Labute approximate surface area is 166 Å². The van der Waals surface area contributed by atoms with E-state index in [0.29, 0.717) is 13.1 Å². The van der Waals surface area contributed by atoms with Crippen molar-refractivity contribution in [3.63, 3.8) is 0 Å². The van der Waals surface area contributed by atoms with Crippen LogP contribution < -0.4 is 5.32 Å². The molecule has 2 heterocycles. The molecule has 2 aromatic rings. The predicted molar refractivity (Wildman–Crippen MR) is 109 cm³/mol. The Kier molecular flexibility index (Phi) is 5.35. The fourth-order valence-corrected chi connectivity index (χ4v) is 4.69. The third kappa shape index (κ3) is 3.90. The van der Waals surface area contributed by atoms with Crippen molar-refractivity contribution in [2.45, 2.75) is 38.8 Å². The minimum Gasteiger partial charge on any atom is -0.337 e. The molecule has 1 N–H and O–H groups in total. The number of amides is 2. The van der Waals surface area contributed by atoms with Gasteiger partial charge in [0.15, 0.2) is 11.6 Å². The molecule has 0 bridgehead atoms. The maximum atomic E-state index is 12.8. The number of hydrogen-bond donors (Lipinski definition) is 1. The molecule has 1 aromatic heterocycles. The fourth-order valence-electron chi connectivity index (χ4n) is 4.69. The quantitative estimate of drug-likeness (QED) is 0.863. The SMILES string of the molecule is CN(C)CC1(CNC(=O)N2CCn3c(nnc3-c3ccccc3)C2)CCCC1. The number of nitrogens with zero attached hydrogens (tertiary/aromatic N) is 5. The van der Waals surface area contributed by atoms with Gasteiger partial charge < -0.3 is 19.7 Å². The van der Waals surface area contributed by atoms with E-state index in [1.54, 1.807) is 0 Å². The minimum atomic E-state index is 0.0144. The number of urea groups is 1. The molecule has 1 aliphatic carbocycles. The normalized spacial score (nSPS) is 18.3. The van der Waals surface area contributed by atoms with Crippen molar-refractivity contribution in [3.8, 4) is 11.4 Å². The highest BCUT2D eigenvalue weighted by Crippen LogP contribution is 2.38. The molecule has 2 aliphatic rings. The first-order valence-electron chi connectivity index (χ1n) is 10.2. The zero-order valence-electron chi connectivity index (χ0n) is 16.9. The predicted octanol–water partition coefficient (Wildman–Crippen LogP) is 2.59. The second-order valence-corrected chi connectivity index (χ2v) is 8.48. The van der Waals surface area contributed by atoms with Crippen molar-refractivity contribution in [1.82, 2.24) is 29.9 Å². The van der Waals surface area contributed by atoms with E-state index in [-0.39, 0.29) is 11.4 Å². The molecule has 1 aliphatic heterocycles. The van der Waals surface area contributed by atoms with Crippen LogP contribution in [0.15, 0.2) is 30.3 Å². The summed E-state index contributed by atoms with van der Waals surface area (Å²) in [5.41, 5.74) is 1.28. The van der Waals surface area contributed by atoms with Gasteiger partial charge in [0.2, 0.25) is 0 Å². The van der Waals surface area contributed by atoms with Crippen molar-refractivity contribution < 1.29 is 4.79 Å². The summed E-state index contributed by atoms with van der Waals surface area (Å²) in [7, 11) is 4.23. The summed E-state index contributed by atoms with van der Waals surface area (Å²) in [6, 6.07) is 10.1. The fraction of sp³-hybridized carbons (Fsp3) is 0.571. The van der Waals surface area contributed by atoms with Crippen LogP contribution in [0.25, 0.3) is 11.4 Å². The van der Waals surface area contributed by atoms with Crippen LogP contribution in [0.1, 0.15) is 31.5 Å². The molecule has 0 spiro atoms. The second-order valence-electron chi connectivity index (χ2n) is 8.48. The van der Waals surface area contributed by atoms with Crippen LogP contribution in [-0.2, 0) is 13.1 Å². The van der Waals surface area contributed by atoms with Gasteiger partial charge in [0, 0.05) is 37.2 Å². The number of rotatable bonds is 5. The van der Waals surface area contributed by atoms with Crippen molar-refractivity contribution in [1.29, 1.82) is 0 Å². The Morgan fingerprint density at radius 2 is 1.89 bits per heavy atom. The number of fused-ring (bicyclic) bond motifs is 1. The summed E-state index contributed by atoms with van der Waals surface area (Å²) < 4.78 is 2.13. The zero-order valence-corrected chi connectivity index (χ0v) is 16.9. The van der Waals surface area contributed by atoms with E-state index in [4.69, 9.17) is 0 Å². The summed E-state index contributed by atoms with van der Waals surface area (Å²) >= 11 is 0. The van der Waals surface area contributed by atoms with Gasteiger partial charge >= 0.3 is 6.03 Å². The van der Waals surface area contributed by atoms with Crippen LogP contribution in [0.2, 0.25) is 0 Å². The van der Waals surface area contributed by atoms with Gasteiger partial charge in [0.25, 0.3) is 0 Å². The summed E-state index contributed by atoms with van der Waals surface area (Å²) in [4.78, 5) is 16.9. The Hall–Kier alpha value is -2.41. The van der Waals surface area contributed by atoms with Gasteiger partial charge in [0.1, 0.15) is 0 Å². The van der Waals surface area contributed by atoms with Crippen LogP contribution in [0.3, 0.4) is 0 Å². The van der Waals surface area contributed by atoms with Crippen LogP contribution >= 0.6 is 0 Å². The summed E-state index contributed by atoms with van der Waals surface area (Å²) in [5.74, 6) is 1.73. The van der Waals surface area contributed by atoms with E-state index in [9.17, 15) is 4.79 Å². The lowest BCUT2D eigenvalue weighted by molar-refractivity contribution is 0.162. The third-order valence-corrected chi connectivity index (χ3v) is 6.00. The molecule has 4 rings (SSSR count). The molecule has 7 heteroatoms. The number of carbonyl (C=O) groups is 1. The van der Waals surface area contributed by atoms with E-state index >= 15 is 0 Å². The standard InChI is InChI=1S/C21H30N6O/c1-25(2)16-21(10-6-7-11-21)15-22-20(28)26-12-13-27-18(14-26)23-24-19(27)17-8-4-3-5-9-17/h3-5,8-9H,6-7,10-16H2,1-2H3,(H,22,28). The summed E-state index contributed by atoms with van der Waals surface area (Å²) in [5, 5.41) is 11.9. The van der Waals surface area contributed by atoms with Gasteiger partial charge in [-0.3, -0.25) is 0 Å². The van der Waals surface area contributed by atoms with Crippen molar-refractivity contribution >= 4 is 6.03 Å². The molecule has 0 radical (unpaired) electrons. The number of benzene rings is 1. The van der Waals surface area contributed by atoms with Crippen molar-refractivity contribution in [2.75, 3.05) is 33.7 Å². The molecule has 7 nitrogen and oxygen atoms in total. The Morgan fingerprint density at radius 3 is 2.61 bits per heavy atom. The third-order valence-electron chi connectivity index (χ3n) is 6.00. The second kappa shape index (κ2) is 7.91. The summed E-state index contributed by atoms with van der Waals surface area (Å²) in [6.45, 7) is 3.69. The first kappa shape index (κ1) is 18.9. The Bertz CT molecular complexity index is 810. The number of carbonyl (C=O) groups excluding carboxylic acids is 1. The largest absolute Gasteiger partial charge is 0.337 e. The van der Waals surface area contributed by atoms with Crippen LogP contribution in [0.4, 0.5) is 4.79 Å². The Morgan fingerprint density at radius 1 is 1.14 bits per heavy atom. The van der Waals surface area contributed by atoms with Crippen molar-refractivity contribution in [3.05, 3.63) is 36.2 Å². The molecular weight excluding hydrogens is 352 g/mol. The molecule has 0 atom stereocenters. The van der Waals surface area contributed by atoms with Gasteiger partial charge in [-0.2, -0.15) is 0 Å². The average Bonchev–Trinajstić information content (AvgIpc) is 3.33. The van der Waals surface area contributed by atoms with Crippen LogP contribution in [0.5, 0.6) is 0 Å². The molecule has 28 heavy (non-hydrogen) atoms. The monoisotopic (exact) mass is 382 g/mol. The summed E-state index contributed by atoms with van der Waals surface area (Å²) in [6.07, 6.45) is 4.91. The minimum absolute atomic E-state index is 0.0144. The van der Waals surface area contributed by atoms with Crippen molar-refractivity contribution in [2.24, 2.45) is 5.41 Å². The molecular formula is C21H30N6O. The maximum absolute atomic E-state index is 12.8. The van der Waals surface area contributed by atoms with Gasteiger partial charge in [0.05, 0.1) is 6.54 Å². The van der Waals surface area contributed by atoms with E-state index < -0.39 is 0 Å². The molecule has 1 fully saturated rings. The maximum Gasteiger partial charge on any atom is 0.317 e.